The number of rotatable bonds is 5. The molecule has 1 aromatic rings. The monoisotopic (exact) mass is 221 g/mol. The molecule has 0 fully saturated rings. The van der Waals surface area contributed by atoms with Crippen LogP contribution in [0.15, 0.2) is 18.2 Å². The zero-order valence-corrected chi connectivity index (χ0v) is 9.83. The summed E-state index contributed by atoms with van der Waals surface area (Å²) in [6.45, 7) is 3.63. The van der Waals surface area contributed by atoms with Crippen molar-refractivity contribution in [2.45, 2.75) is 13.5 Å². The van der Waals surface area contributed by atoms with Crippen LogP contribution in [0.1, 0.15) is 16.7 Å². The third-order valence-corrected chi connectivity index (χ3v) is 2.58. The molecule has 16 heavy (non-hydrogen) atoms. The van der Waals surface area contributed by atoms with E-state index in [4.69, 9.17) is 16.2 Å². The number of aryl methyl sites for hydroxylation is 1. The molecule has 0 heterocycles. The zero-order valence-electron chi connectivity index (χ0n) is 9.83. The number of aliphatic hydroxyl groups is 1. The average molecular weight is 221 g/mol. The predicted octanol–water partition coefficient (Wildman–Crippen LogP) is 0.703. The van der Waals surface area contributed by atoms with Crippen molar-refractivity contribution in [1.29, 1.82) is 5.41 Å². The van der Waals surface area contributed by atoms with Crippen LogP contribution in [-0.4, -0.2) is 36.0 Å². The van der Waals surface area contributed by atoms with E-state index < -0.39 is 0 Å². The lowest BCUT2D eigenvalue weighted by Crippen LogP contribution is -2.22. The lowest BCUT2D eigenvalue weighted by molar-refractivity contribution is 0.217. The largest absolute Gasteiger partial charge is 0.395 e. The summed E-state index contributed by atoms with van der Waals surface area (Å²) < 4.78 is 0. The Bertz CT molecular complexity index is 377. The third-order valence-electron chi connectivity index (χ3n) is 2.58. The summed E-state index contributed by atoms with van der Waals surface area (Å²) >= 11 is 0. The normalized spacial score (nSPS) is 10.8. The first-order valence-electron chi connectivity index (χ1n) is 5.28. The van der Waals surface area contributed by atoms with Crippen LogP contribution in [0.25, 0.3) is 0 Å². The van der Waals surface area contributed by atoms with E-state index in [0.29, 0.717) is 6.54 Å². The van der Waals surface area contributed by atoms with Gasteiger partial charge in [0.05, 0.1) is 6.61 Å². The maximum absolute atomic E-state index is 8.81. The highest BCUT2D eigenvalue weighted by Gasteiger charge is 2.04. The Morgan fingerprint density at radius 2 is 2.19 bits per heavy atom. The van der Waals surface area contributed by atoms with Crippen LogP contribution in [0.5, 0.6) is 0 Å². The van der Waals surface area contributed by atoms with E-state index in [1.165, 1.54) is 5.56 Å². The molecule has 0 aliphatic heterocycles. The number of likely N-dealkylation sites (N-methyl/N-ethyl adjacent to an activating group) is 1. The fourth-order valence-corrected chi connectivity index (χ4v) is 1.58. The van der Waals surface area contributed by atoms with Gasteiger partial charge in [-0.3, -0.25) is 10.3 Å². The van der Waals surface area contributed by atoms with Gasteiger partial charge < -0.3 is 10.8 Å². The van der Waals surface area contributed by atoms with E-state index in [1.54, 1.807) is 0 Å². The molecule has 0 amide bonds. The van der Waals surface area contributed by atoms with Crippen LogP contribution in [0.3, 0.4) is 0 Å². The molecule has 4 N–H and O–H groups in total. The van der Waals surface area contributed by atoms with Crippen molar-refractivity contribution >= 4 is 5.84 Å². The smallest absolute Gasteiger partial charge is 0.122 e. The van der Waals surface area contributed by atoms with E-state index in [9.17, 15) is 0 Å². The van der Waals surface area contributed by atoms with Crippen LogP contribution in [0, 0.1) is 12.3 Å². The Kier molecular flexibility index (Phi) is 4.46. The number of nitrogen functional groups attached to an aromatic ring is 1. The minimum absolute atomic E-state index is 0.0957. The summed E-state index contributed by atoms with van der Waals surface area (Å²) in [4.78, 5) is 2.05. The molecule has 88 valence electrons. The highest BCUT2D eigenvalue weighted by atomic mass is 16.3. The zero-order chi connectivity index (χ0) is 12.1. The first kappa shape index (κ1) is 12.7. The number of amidine groups is 1. The molecule has 0 radical (unpaired) electrons. The first-order valence-corrected chi connectivity index (χ1v) is 5.28. The van der Waals surface area contributed by atoms with E-state index in [2.05, 4.69) is 4.90 Å². The molecule has 0 aliphatic rings. The Morgan fingerprint density at radius 3 is 2.69 bits per heavy atom. The summed E-state index contributed by atoms with van der Waals surface area (Å²) in [5.41, 5.74) is 8.50. The van der Waals surface area contributed by atoms with E-state index in [1.807, 2.05) is 32.2 Å². The standard InChI is InChI=1S/C12H19N3O/c1-9-7-10(12(13)14)3-4-11(9)8-15(2)5-6-16/h3-4,7,16H,5-6,8H2,1-2H3,(H3,13,14). The molecule has 0 unspecified atom stereocenters. The lowest BCUT2D eigenvalue weighted by Gasteiger charge is -2.17. The molecule has 4 heteroatoms. The summed E-state index contributed by atoms with van der Waals surface area (Å²) in [5, 5.41) is 16.2. The number of nitrogens with two attached hydrogens (primary N) is 1. The van der Waals surface area contributed by atoms with Gasteiger partial charge >= 0.3 is 0 Å². The topological polar surface area (TPSA) is 73.3 Å². The number of benzene rings is 1. The van der Waals surface area contributed by atoms with Crippen molar-refractivity contribution in [3.63, 3.8) is 0 Å². The Hall–Kier alpha value is -1.39. The van der Waals surface area contributed by atoms with Crippen molar-refractivity contribution in [3.8, 4) is 0 Å². The molecule has 0 aliphatic carbocycles. The fourth-order valence-electron chi connectivity index (χ4n) is 1.58. The van der Waals surface area contributed by atoms with Gasteiger partial charge in [-0.25, -0.2) is 0 Å². The van der Waals surface area contributed by atoms with Crippen molar-refractivity contribution in [2.75, 3.05) is 20.2 Å². The van der Waals surface area contributed by atoms with Gasteiger partial charge in [-0.1, -0.05) is 12.1 Å². The average Bonchev–Trinajstić information content (AvgIpc) is 2.21. The summed E-state index contributed by atoms with van der Waals surface area (Å²) in [6, 6.07) is 5.77. The van der Waals surface area contributed by atoms with Crippen molar-refractivity contribution in [2.24, 2.45) is 5.73 Å². The second-order valence-electron chi connectivity index (χ2n) is 4.02. The fraction of sp³-hybridized carbons (Fsp3) is 0.417. The number of hydrogen-bond acceptors (Lipinski definition) is 3. The van der Waals surface area contributed by atoms with E-state index in [-0.39, 0.29) is 12.4 Å². The Balaban J connectivity index is 2.79. The molecule has 0 aromatic heterocycles. The summed E-state index contributed by atoms with van der Waals surface area (Å²) in [6.07, 6.45) is 0. The lowest BCUT2D eigenvalue weighted by atomic mass is 10.0. The van der Waals surface area contributed by atoms with Crippen molar-refractivity contribution in [1.82, 2.24) is 4.90 Å². The molecule has 4 nitrogen and oxygen atoms in total. The SMILES string of the molecule is Cc1cc(C(=N)N)ccc1CN(C)CCO. The second kappa shape index (κ2) is 5.63. The predicted molar refractivity (Wildman–Crippen MR) is 65.6 cm³/mol. The van der Waals surface area contributed by atoms with Crippen molar-refractivity contribution < 1.29 is 5.11 Å². The van der Waals surface area contributed by atoms with Gasteiger partial charge in [-0.05, 0) is 31.2 Å². The van der Waals surface area contributed by atoms with Gasteiger partial charge in [0.2, 0.25) is 0 Å². The molecule has 0 bridgehead atoms. The molecule has 1 rings (SSSR count). The molecule has 1 aromatic carbocycles. The molecule has 0 saturated heterocycles. The molecule has 0 atom stereocenters. The van der Waals surface area contributed by atoms with Gasteiger partial charge in [0.25, 0.3) is 0 Å². The molecule has 0 spiro atoms. The van der Waals surface area contributed by atoms with Gasteiger partial charge in [-0.15, -0.1) is 0 Å². The maximum Gasteiger partial charge on any atom is 0.122 e. The number of hydrogen-bond donors (Lipinski definition) is 3. The van der Waals surface area contributed by atoms with E-state index in [0.717, 1.165) is 17.7 Å². The van der Waals surface area contributed by atoms with Gasteiger partial charge in [0.1, 0.15) is 5.84 Å². The van der Waals surface area contributed by atoms with Crippen LogP contribution < -0.4 is 5.73 Å². The summed E-state index contributed by atoms with van der Waals surface area (Å²) in [5.74, 6) is 0.0957. The summed E-state index contributed by atoms with van der Waals surface area (Å²) in [7, 11) is 1.97. The first-order chi connectivity index (χ1) is 7.54. The van der Waals surface area contributed by atoms with Crippen LogP contribution >= 0.6 is 0 Å². The highest BCUT2D eigenvalue weighted by molar-refractivity contribution is 5.95. The quantitative estimate of drug-likeness (QED) is 0.506. The third kappa shape index (κ3) is 3.32. The van der Waals surface area contributed by atoms with Gasteiger partial charge in [0.15, 0.2) is 0 Å². The second-order valence-corrected chi connectivity index (χ2v) is 4.02. The highest BCUT2D eigenvalue weighted by Crippen LogP contribution is 2.12. The number of nitrogens with one attached hydrogen (secondary N) is 1. The van der Waals surface area contributed by atoms with Crippen LogP contribution in [-0.2, 0) is 6.54 Å². The maximum atomic E-state index is 8.81. The number of aliphatic hydroxyl groups excluding tert-OH is 1. The van der Waals surface area contributed by atoms with E-state index >= 15 is 0 Å². The van der Waals surface area contributed by atoms with Crippen LogP contribution in [0.2, 0.25) is 0 Å². The molecular formula is C12H19N3O. The van der Waals surface area contributed by atoms with Gasteiger partial charge in [-0.2, -0.15) is 0 Å². The van der Waals surface area contributed by atoms with Crippen LogP contribution in [0.4, 0.5) is 0 Å². The minimum atomic E-state index is 0.0957. The van der Waals surface area contributed by atoms with Gasteiger partial charge in [0, 0.05) is 18.7 Å². The van der Waals surface area contributed by atoms with Crippen molar-refractivity contribution in [3.05, 3.63) is 34.9 Å². The minimum Gasteiger partial charge on any atom is -0.395 e. The Labute approximate surface area is 96.2 Å². The molecular weight excluding hydrogens is 202 g/mol. The Morgan fingerprint density at radius 1 is 1.50 bits per heavy atom. The molecule has 0 saturated carbocycles. The number of nitrogens with zero attached hydrogens (tertiary/aromatic N) is 1.